The lowest BCUT2D eigenvalue weighted by Gasteiger charge is -2.18. The smallest absolute Gasteiger partial charge is 0.265 e. The molecule has 1 fully saturated rings. The van der Waals surface area contributed by atoms with Crippen LogP contribution in [0.5, 0.6) is 0 Å². The Bertz CT molecular complexity index is 1380. The molecule has 5 rings (SSSR count). The van der Waals surface area contributed by atoms with Gasteiger partial charge in [-0.2, -0.15) is 4.98 Å². The van der Waals surface area contributed by atoms with Crippen molar-refractivity contribution >= 4 is 16.8 Å². The van der Waals surface area contributed by atoms with Gasteiger partial charge >= 0.3 is 0 Å². The van der Waals surface area contributed by atoms with Gasteiger partial charge in [-0.3, -0.25) is 14.2 Å². The van der Waals surface area contributed by atoms with E-state index in [4.69, 9.17) is 4.52 Å². The second-order valence-electron chi connectivity index (χ2n) is 8.82. The number of aromatic nitrogens is 4. The molecular weight excluding hydrogens is 418 g/mol. The second-order valence-corrected chi connectivity index (χ2v) is 8.82. The maximum absolute atomic E-state index is 13.0. The van der Waals surface area contributed by atoms with Crippen LogP contribution in [0, 0.1) is 12.8 Å². The van der Waals surface area contributed by atoms with Gasteiger partial charge in [-0.05, 0) is 62.1 Å². The molecule has 0 saturated heterocycles. The van der Waals surface area contributed by atoms with E-state index in [0.717, 1.165) is 18.7 Å². The predicted molar refractivity (Wildman–Crippen MR) is 123 cm³/mol. The summed E-state index contributed by atoms with van der Waals surface area (Å²) in [7, 11) is 0. The van der Waals surface area contributed by atoms with Gasteiger partial charge in [-0.15, -0.1) is 0 Å². The molecule has 8 heteroatoms. The third kappa shape index (κ3) is 4.04. The van der Waals surface area contributed by atoms with Crippen molar-refractivity contribution < 1.29 is 9.32 Å². The van der Waals surface area contributed by atoms with Crippen molar-refractivity contribution in [1.82, 2.24) is 25.0 Å². The van der Waals surface area contributed by atoms with Crippen LogP contribution in [0.15, 0.2) is 57.8 Å². The van der Waals surface area contributed by atoms with Gasteiger partial charge < -0.3 is 9.84 Å². The summed E-state index contributed by atoms with van der Waals surface area (Å²) in [4.78, 5) is 35.0. The Morgan fingerprint density at radius 1 is 1.09 bits per heavy atom. The van der Waals surface area contributed by atoms with Gasteiger partial charge in [0.25, 0.3) is 11.5 Å². The molecule has 1 saturated carbocycles. The first-order chi connectivity index (χ1) is 15.9. The van der Waals surface area contributed by atoms with Gasteiger partial charge in [-0.25, -0.2) is 4.98 Å². The van der Waals surface area contributed by atoms with Crippen molar-refractivity contribution in [3.63, 3.8) is 0 Å². The zero-order valence-electron chi connectivity index (χ0n) is 18.8. The largest absolute Gasteiger partial charge is 0.340 e. The minimum absolute atomic E-state index is 0.0747. The number of nitrogens with zero attached hydrogens (tertiary/aromatic N) is 4. The first kappa shape index (κ1) is 21.1. The molecule has 4 aromatic rings. The molecule has 1 aliphatic carbocycles. The molecule has 0 aliphatic heterocycles. The van der Waals surface area contributed by atoms with Gasteiger partial charge in [0.2, 0.25) is 5.89 Å². The average Bonchev–Trinajstić information content (AvgIpc) is 3.54. The topological polar surface area (TPSA) is 103 Å². The van der Waals surface area contributed by atoms with Crippen LogP contribution in [0.2, 0.25) is 0 Å². The number of carbonyl (C=O) groups is 1. The van der Waals surface area contributed by atoms with Crippen molar-refractivity contribution in [3.05, 3.63) is 82.0 Å². The molecule has 0 spiro atoms. The van der Waals surface area contributed by atoms with Crippen LogP contribution in [0.4, 0.5) is 0 Å². The fourth-order valence-corrected chi connectivity index (χ4v) is 3.93. The number of rotatable bonds is 6. The molecule has 1 atom stereocenters. The van der Waals surface area contributed by atoms with Crippen LogP contribution in [0.1, 0.15) is 66.5 Å². The Kier molecular flexibility index (Phi) is 5.28. The van der Waals surface area contributed by atoms with E-state index in [0.29, 0.717) is 39.8 Å². The summed E-state index contributed by atoms with van der Waals surface area (Å²) >= 11 is 0. The molecule has 8 nitrogen and oxygen atoms in total. The monoisotopic (exact) mass is 443 g/mol. The second kappa shape index (κ2) is 8.27. The molecule has 2 heterocycles. The third-order valence-electron chi connectivity index (χ3n) is 5.95. The van der Waals surface area contributed by atoms with Gasteiger partial charge in [0.05, 0.1) is 16.6 Å². The van der Waals surface area contributed by atoms with Crippen molar-refractivity contribution in [2.45, 2.75) is 45.6 Å². The normalized spacial score (nSPS) is 14.5. The number of amides is 1. The number of benzene rings is 2. The van der Waals surface area contributed by atoms with E-state index in [2.05, 4.69) is 20.4 Å². The standard InChI is InChI=1S/C25H25N5O3/c1-14(2)21(24-28-22(29-33-24)16-8-9-16)27-23(31)17-10-12-18(13-11-17)30-15(3)26-20-7-5-4-6-19(20)25(30)32/h4-7,10-14,16,21H,8-9H2,1-3H3,(H,27,31). The average molecular weight is 444 g/mol. The van der Waals surface area contributed by atoms with E-state index in [-0.39, 0.29) is 23.4 Å². The molecule has 1 unspecified atom stereocenters. The molecule has 2 aromatic heterocycles. The summed E-state index contributed by atoms with van der Waals surface area (Å²) in [5, 5.41) is 7.63. The van der Waals surface area contributed by atoms with E-state index in [1.807, 2.05) is 32.0 Å². The van der Waals surface area contributed by atoms with Crippen LogP contribution < -0.4 is 10.9 Å². The summed E-state index contributed by atoms with van der Waals surface area (Å²) in [5.74, 6) is 1.95. The maximum Gasteiger partial charge on any atom is 0.265 e. The Labute approximate surface area is 190 Å². The van der Waals surface area contributed by atoms with Crippen LogP contribution in [0.25, 0.3) is 16.6 Å². The molecule has 168 valence electrons. The number of carbonyl (C=O) groups excluding carboxylic acids is 1. The fraction of sp³-hybridized carbons (Fsp3) is 0.320. The van der Waals surface area contributed by atoms with Crippen LogP contribution >= 0.6 is 0 Å². The molecule has 33 heavy (non-hydrogen) atoms. The molecule has 1 N–H and O–H groups in total. The fourth-order valence-electron chi connectivity index (χ4n) is 3.93. The highest BCUT2D eigenvalue weighted by Gasteiger charge is 2.31. The highest BCUT2D eigenvalue weighted by molar-refractivity contribution is 5.94. The number of aryl methyl sites for hydroxylation is 1. The van der Waals surface area contributed by atoms with Crippen molar-refractivity contribution in [2.75, 3.05) is 0 Å². The van der Waals surface area contributed by atoms with Crippen LogP contribution in [-0.4, -0.2) is 25.6 Å². The minimum atomic E-state index is -0.383. The van der Waals surface area contributed by atoms with Crippen molar-refractivity contribution in [1.29, 1.82) is 0 Å². The van der Waals surface area contributed by atoms with Gasteiger partial charge in [0.15, 0.2) is 5.82 Å². The predicted octanol–water partition coefficient (Wildman–Crippen LogP) is 4.08. The number of para-hydroxylation sites is 1. The highest BCUT2D eigenvalue weighted by Crippen LogP contribution is 2.38. The van der Waals surface area contributed by atoms with E-state index in [1.165, 1.54) is 0 Å². The molecule has 2 aromatic carbocycles. The summed E-state index contributed by atoms with van der Waals surface area (Å²) in [5.41, 5.74) is 1.65. The Hall–Kier alpha value is -3.81. The quantitative estimate of drug-likeness (QED) is 0.482. The molecule has 0 radical (unpaired) electrons. The zero-order chi connectivity index (χ0) is 23.1. The maximum atomic E-state index is 13.0. The number of hydrogen-bond acceptors (Lipinski definition) is 6. The Morgan fingerprint density at radius 2 is 1.82 bits per heavy atom. The zero-order valence-corrected chi connectivity index (χ0v) is 18.8. The molecule has 1 amide bonds. The number of nitrogens with one attached hydrogen (secondary N) is 1. The number of fused-ring (bicyclic) bond motifs is 1. The van der Waals surface area contributed by atoms with E-state index < -0.39 is 0 Å². The van der Waals surface area contributed by atoms with Gasteiger partial charge in [0.1, 0.15) is 11.9 Å². The summed E-state index contributed by atoms with van der Waals surface area (Å²) in [6.07, 6.45) is 2.17. The molecule has 0 bridgehead atoms. The Balaban J connectivity index is 1.39. The molecular formula is C25H25N5O3. The van der Waals surface area contributed by atoms with Crippen LogP contribution in [-0.2, 0) is 0 Å². The lowest BCUT2D eigenvalue weighted by atomic mass is 10.0. The van der Waals surface area contributed by atoms with Crippen LogP contribution in [0.3, 0.4) is 0 Å². The van der Waals surface area contributed by atoms with Crippen molar-refractivity contribution in [3.8, 4) is 5.69 Å². The van der Waals surface area contributed by atoms with Gasteiger partial charge in [0, 0.05) is 11.5 Å². The first-order valence-corrected chi connectivity index (χ1v) is 11.2. The minimum Gasteiger partial charge on any atom is -0.340 e. The molecule has 1 aliphatic rings. The van der Waals surface area contributed by atoms with Gasteiger partial charge in [-0.1, -0.05) is 31.1 Å². The SMILES string of the molecule is Cc1nc2ccccc2c(=O)n1-c1ccc(C(=O)NC(c2nc(C3CC3)no2)C(C)C)cc1. The summed E-state index contributed by atoms with van der Waals surface area (Å²) in [6, 6.07) is 13.8. The Morgan fingerprint density at radius 3 is 2.52 bits per heavy atom. The van der Waals surface area contributed by atoms with Crippen molar-refractivity contribution in [2.24, 2.45) is 5.92 Å². The van der Waals surface area contributed by atoms with E-state index in [9.17, 15) is 9.59 Å². The van der Waals surface area contributed by atoms with E-state index in [1.54, 1.807) is 41.8 Å². The third-order valence-corrected chi connectivity index (χ3v) is 5.95. The van der Waals surface area contributed by atoms with E-state index >= 15 is 0 Å². The summed E-state index contributed by atoms with van der Waals surface area (Å²) in [6.45, 7) is 5.79. The number of hydrogen-bond donors (Lipinski definition) is 1. The summed E-state index contributed by atoms with van der Waals surface area (Å²) < 4.78 is 7.00. The highest BCUT2D eigenvalue weighted by atomic mass is 16.5. The lowest BCUT2D eigenvalue weighted by molar-refractivity contribution is 0.0914. The lowest BCUT2D eigenvalue weighted by Crippen LogP contribution is -2.32. The first-order valence-electron chi connectivity index (χ1n) is 11.2.